The molecule has 0 aliphatic carbocycles. The molecular formula is C37H60N3O4S+. The van der Waals surface area contributed by atoms with Crippen molar-refractivity contribution < 1.29 is 22.8 Å². The second-order valence-electron chi connectivity index (χ2n) is 13.5. The largest absolute Gasteiger partial charge is 0.392 e. The zero-order valence-electron chi connectivity index (χ0n) is 29.1. The van der Waals surface area contributed by atoms with Gasteiger partial charge in [-0.05, 0) is 87.9 Å². The lowest BCUT2D eigenvalue weighted by molar-refractivity contribution is -0.923. The fourth-order valence-corrected chi connectivity index (χ4v) is 9.49. The van der Waals surface area contributed by atoms with Crippen molar-refractivity contribution in [2.45, 2.75) is 109 Å². The number of aliphatic hydroxyl groups is 1. The summed E-state index contributed by atoms with van der Waals surface area (Å²) in [4.78, 5) is 15.3. The molecule has 7 nitrogen and oxygen atoms in total. The van der Waals surface area contributed by atoms with Gasteiger partial charge < -0.3 is 19.8 Å². The molecule has 0 saturated carbocycles. The summed E-state index contributed by atoms with van der Waals surface area (Å²) in [6.45, 7) is 15.4. The molecule has 0 fully saturated rings. The number of hydrogen-bond acceptors (Lipinski definition) is 5. The van der Waals surface area contributed by atoms with Crippen LogP contribution in [-0.4, -0.2) is 76.0 Å². The van der Waals surface area contributed by atoms with Gasteiger partial charge in [0, 0.05) is 43.2 Å². The third-order valence-corrected chi connectivity index (χ3v) is 12.5. The number of sulfone groups is 1. The van der Waals surface area contributed by atoms with E-state index in [9.17, 15) is 18.3 Å². The van der Waals surface area contributed by atoms with E-state index in [0.717, 1.165) is 80.4 Å². The number of anilines is 2. The normalized spacial score (nSPS) is 19.0. The van der Waals surface area contributed by atoms with Crippen molar-refractivity contribution in [3.63, 3.8) is 0 Å². The average molecular weight is 643 g/mol. The summed E-state index contributed by atoms with van der Waals surface area (Å²) in [5.74, 6) is -0.628. The van der Waals surface area contributed by atoms with Gasteiger partial charge in [0.15, 0.2) is 9.84 Å². The minimum absolute atomic E-state index is 0.0192. The molecule has 0 aromatic heterocycles. The van der Waals surface area contributed by atoms with E-state index in [-0.39, 0.29) is 11.7 Å². The van der Waals surface area contributed by atoms with Crippen LogP contribution in [0.3, 0.4) is 0 Å². The molecule has 0 spiro atoms. The fourth-order valence-electron chi connectivity index (χ4n) is 7.30. The molecule has 45 heavy (non-hydrogen) atoms. The van der Waals surface area contributed by atoms with Gasteiger partial charge in [0.2, 0.25) is 5.91 Å². The number of quaternary nitrogens is 1. The highest BCUT2D eigenvalue weighted by molar-refractivity contribution is 7.91. The van der Waals surface area contributed by atoms with Gasteiger partial charge in [0.25, 0.3) is 0 Å². The maximum absolute atomic E-state index is 14.1. The summed E-state index contributed by atoms with van der Waals surface area (Å²) in [6.07, 6.45) is 6.28. The van der Waals surface area contributed by atoms with Crippen LogP contribution in [0.5, 0.6) is 0 Å². The molecule has 1 aliphatic rings. The zero-order valence-corrected chi connectivity index (χ0v) is 29.9. The van der Waals surface area contributed by atoms with E-state index in [0.29, 0.717) is 35.4 Å². The lowest BCUT2D eigenvalue weighted by Gasteiger charge is -2.40. The maximum Gasteiger partial charge on any atom is 0.224 e. The molecule has 0 saturated heterocycles. The Balaban J connectivity index is 1.99. The molecular weight excluding hydrogens is 582 g/mol. The summed E-state index contributed by atoms with van der Waals surface area (Å²) in [5, 5.41) is 15.5. The Kier molecular flexibility index (Phi) is 13.5. The highest BCUT2D eigenvalue weighted by atomic mass is 32.2. The quantitative estimate of drug-likeness (QED) is 0.139. The van der Waals surface area contributed by atoms with Crippen molar-refractivity contribution in [1.82, 2.24) is 0 Å². The van der Waals surface area contributed by atoms with Crippen molar-refractivity contribution in [3.8, 4) is 0 Å². The summed E-state index contributed by atoms with van der Waals surface area (Å²) in [7, 11) is 0.204. The smallest absolute Gasteiger partial charge is 0.224 e. The molecule has 0 unspecified atom stereocenters. The first-order valence-electron chi connectivity index (χ1n) is 17.4. The Labute approximate surface area is 273 Å². The molecule has 1 aliphatic heterocycles. The zero-order chi connectivity index (χ0) is 33.3. The monoisotopic (exact) mass is 642 g/mol. The van der Waals surface area contributed by atoms with Gasteiger partial charge in [-0.2, -0.15) is 0 Å². The number of benzene rings is 2. The van der Waals surface area contributed by atoms with Crippen LogP contribution >= 0.6 is 0 Å². The van der Waals surface area contributed by atoms with Crippen LogP contribution in [0.2, 0.25) is 0 Å². The number of carbonyl (C=O) groups is 1. The lowest BCUT2D eigenvalue weighted by Crippen LogP contribution is -2.48. The Morgan fingerprint density at radius 3 is 2.16 bits per heavy atom. The molecule has 2 atom stereocenters. The molecule has 2 aromatic carbocycles. The van der Waals surface area contributed by atoms with Crippen LogP contribution in [0.1, 0.15) is 109 Å². The molecule has 1 heterocycles. The first-order chi connectivity index (χ1) is 21.4. The molecule has 0 bridgehead atoms. The minimum atomic E-state index is -3.67. The molecule has 0 radical (unpaired) electrons. The Bertz CT molecular complexity index is 1340. The third-order valence-electron chi connectivity index (χ3n) is 10.5. The standard InChI is InChI=1S/C37H59N3O4S/c1-8-13-23-37(24-14-9-2)28-45(43,44)33-22-21-31(39(6)7)27-32(33)35(36(37)42)29-18-17-19-30(26-29)38-34(41)20-15-16-25-40(10-3,11-4)12-5/h17-19,21-22,26-27,35-36,42H,8-16,20,23-25,28H2,1-7H3/p+1/t35-,36-/m0/s1. The first kappa shape index (κ1) is 37.0. The average Bonchev–Trinajstić information content (AvgIpc) is 3.09. The Morgan fingerprint density at radius 1 is 0.933 bits per heavy atom. The highest BCUT2D eigenvalue weighted by Gasteiger charge is 2.49. The van der Waals surface area contributed by atoms with Gasteiger partial charge in [-0.25, -0.2) is 8.42 Å². The van der Waals surface area contributed by atoms with Crippen molar-refractivity contribution in [3.05, 3.63) is 53.6 Å². The van der Waals surface area contributed by atoms with Crippen LogP contribution in [0.25, 0.3) is 0 Å². The fraction of sp³-hybridized carbons (Fsp3) is 0.649. The molecule has 8 heteroatoms. The van der Waals surface area contributed by atoms with Crippen LogP contribution in [-0.2, 0) is 14.6 Å². The van der Waals surface area contributed by atoms with Gasteiger partial charge in [0.05, 0.1) is 42.9 Å². The number of amides is 1. The topological polar surface area (TPSA) is 86.7 Å². The summed E-state index contributed by atoms with van der Waals surface area (Å²) in [5.41, 5.74) is 2.25. The number of hydrogen-bond donors (Lipinski definition) is 2. The Hall–Kier alpha value is -2.42. The number of carbonyl (C=O) groups excluding carboxylic acids is 1. The van der Waals surface area contributed by atoms with Crippen molar-refractivity contribution >= 4 is 27.1 Å². The van der Waals surface area contributed by atoms with Gasteiger partial charge in [-0.15, -0.1) is 0 Å². The van der Waals surface area contributed by atoms with Crippen LogP contribution in [0.4, 0.5) is 11.4 Å². The van der Waals surface area contributed by atoms with Crippen molar-refractivity contribution in [2.75, 3.05) is 56.2 Å². The summed E-state index contributed by atoms with van der Waals surface area (Å²) < 4.78 is 29.3. The number of unbranched alkanes of at least 4 members (excludes halogenated alkanes) is 3. The van der Waals surface area contributed by atoms with E-state index >= 15 is 0 Å². The van der Waals surface area contributed by atoms with E-state index in [1.54, 1.807) is 6.07 Å². The molecule has 1 amide bonds. The van der Waals surface area contributed by atoms with E-state index in [1.807, 2.05) is 55.4 Å². The lowest BCUT2D eigenvalue weighted by atomic mass is 9.68. The summed E-state index contributed by atoms with van der Waals surface area (Å²) in [6, 6.07) is 13.2. The number of nitrogens with one attached hydrogen (secondary N) is 1. The predicted molar refractivity (Wildman–Crippen MR) is 188 cm³/mol. The third kappa shape index (κ3) is 8.89. The maximum atomic E-state index is 14.1. The van der Waals surface area contributed by atoms with Crippen LogP contribution in [0.15, 0.2) is 47.4 Å². The first-order valence-corrected chi connectivity index (χ1v) is 19.0. The second kappa shape index (κ2) is 16.4. The number of rotatable bonds is 17. The van der Waals surface area contributed by atoms with Gasteiger partial charge >= 0.3 is 0 Å². The number of nitrogens with zero attached hydrogens (tertiary/aromatic N) is 2. The molecule has 2 aromatic rings. The van der Waals surface area contributed by atoms with Crippen LogP contribution < -0.4 is 10.2 Å². The predicted octanol–water partition coefficient (Wildman–Crippen LogP) is 7.38. The highest BCUT2D eigenvalue weighted by Crippen LogP contribution is 2.50. The SMILES string of the molecule is CCCCC1(CCCC)CS(=O)(=O)c2ccc(N(C)C)cc2[C@H](c2cccc(NC(=O)CCCC[N+](CC)(CC)CC)c2)[C@@H]1O. The van der Waals surface area contributed by atoms with E-state index in [4.69, 9.17) is 0 Å². The van der Waals surface area contributed by atoms with Gasteiger partial charge in [-0.3, -0.25) is 4.79 Å². The molecule has 252 valence electrons. The van der Waals surface area contributed by atoms with E-state index < -0.39 is 27.3 Å². The Morgan fingerprint density at radius 2 is 1.58 bits per heavy atom. The van der Waals surface area contributed by atoms with Crippen LogP contribution in [0, 0.1) is 5.41 Å². The number of aliphatic hydroxyl groups excluding tert-OH is 1. The number of fused-ring (bicyclic) bond motifs is 1. The van der Waals surface area contributed by atoms with E-state index in [2.05, 4.69) is 39.9 Å². The molecule has 2 N–H and O–H groups in total. The molecule has 3 rings (SSSR count). The minimum Gasteiger partial charge on any atom is -0.392 e. The van der Waals surface area contributed by atoms with Gasteiger partial charge in [0.1, 0.15) is 0 Å². The van der Waals surface area contributed by atoms with Crippen molar-refractivity contribution in [2.24, 2.45) is 5.41 Å². The van der Waals surface area contributed by atoms with E-state index in [1.165, 1.54) is 0 Å². The second-order valence-corrected chi connectivity index (χ2v) is 15.5. The van der Waals surface area contributed by atoms with Gasteiger partial charge in [-0.1, -0.05) is 51.7 Å². The van der Waals surface area contributed by atoms with Crippen molar-refractivity contribution in [1.29, 1.82) is 0 Å². The summed E-state index contributed by atoms with van der Waals surface area (Å²) >= 11 is 0.